The number of carbonyl (C=O) groups is 1. The van der Waals surface area contributed by atoms with E-state index in [-0.39, 0.29) is 11.9 Å². The predicted molar refractivity (Wildman–Crippen MR) is 154 cm³/mol. The summed E-state index contributed by atoms with van der Waals surface area (Å²) in [5.41, 5.74) is 3.30. The Kier molecular flexibility index (Phi) is 7.72. The molecule has 1 N–H and O–H groups in total. The van der Waals surface area contributed by atoms with Crippen LogP contribution in [0.3, 0.4) is 0 Å². The lowest BCUT2D eigenvalue weighted by Gasteiger charge is -2.37. The van der Waals surface area contributed by atoms with Gasteiger partial charge < -0.3 is 10.2 Å². The molecule has 0 aliphatic heterocycles. The quantitative estimate of drug-likeness (QED) is 0.182. The van der Waals surface area contributed by atoms with E-state index in [2.05, 4.69) is 68.1 Å². The topological polar surface area (TPSA) is 45.2 Å². The van der Waals surface area contributed by atoms with Crippen LogP contribution in [0.2, 0.25) is 5.02 Å². The SMILES string of the molecule is CN[C@H]1CC[C@H](N(Cc2cccc(-c3ccc(I)nc3)c2)C(=O)c2sc3ccccc3c2Cl)CC1. The molecule has 1 aliphatic carbocycles. The Balaban J connectivity index is 1.47. The summed E-state index contributed by atoms with van der Waals surface area (Å²) in [6, 6.07) is 21.2. The van der Waals surface area contributed by atoms with Crippen LogP contribution in [-0.4, -0.2) is 34.9 Å². The minimum absolute atomic E-state index is 0.0328. The first kappa shape index (κ1) is 24.7. The molecule has 7 heteroatoms. The summed E-state index contributed by atoms with van der Waals surface area (Å²) in [7, 11) is 2.02. The Morgan fingerprint density at radius 3 is 2.60 bits per heavy atom. The number of benzene rings is 2. The Morgan fingerprint density at radius 2 is 1.89 bits per heavy atom. The van der Waals surface area contributed by atoms with Gasteiger partial charge in [-0.1, -0.05) is 54.1 Å². The largest absolute Gasteiger partial charge is 0.331 e. The molecule has 35 heavy (non-hydrogen) atoms. The number of pyridine rings is 1. The molecule has 2 heterocycles. The van der Waals surface area contributed by atoms with Crippen LogP contribution < -0.4 is 5.32 Å². The lowest BCUT2D eigenvalue weighted by molar-refractivity contribution is 0.0606. The summed E-state index contributed by atoms with van der Waals surface area (Å²) >= 11 is 10.5. The molecular formula is C28H27ClIN3OS. The number of thiophene rings is 1. The van der Waals surface area contributed by atoms with Crippen LogP contribution in [-0.2, 0) is 6.54 Å². The van der Waals surface area contributed by atoms with E-state index in [9.17, 15) is 4.79 Å². The van der Waals surface area contributed by atoms with Gasteiger partial charge in [-0.2, -0.15) is 0 Å². The zero-order valence-corrected chi connectivity index (χ0v) is 23.2. The van der Waals surface area contributed by atoms with Crippen LogP contribution in [0.1, 0.15) is 40.9 Å². The molecular weight excluding hydrogens is 589 g/mol. The molecule has 2 aromatic heterocycles. The van der Waals surface area contributed by atoms with E-state index in [4.69, 9.17) is 11.6 Å². The van der Waals surface area contributed by atoms with Crippen LogP contribution in [0.4, 0.5) is 0 Å². The van der Waals surface area contributed by atoms with Crippen LogP contribution in [0, 0.1) is 3.70 Å². The predicted octanol–water partition coefficient (Wildman–Crippen LogP) is 7.39. The monoisotopic (exact) mass is 615 g/mol. The molecule has 4 nitrogen and oxygen atoms in total. The summed E-state index contributed by atoms with van der Waals surface area (Å²) in [6.45, 7) is 0.559. The summed E-state index contributed by atoms with van der Waals surface area (Å²) in [5, 5.41) is 4.93. The second-order valence-corrected chi connectivity index (χ2v) is 11.6. The molecule has 2 aromatic carbocycles. The van der Waals surface area contributed by atoms with Crippen molar-refractivity contribution in [3.8, 4) is 11.1 Å². The fourth-order valence-electron chi connectivity index (χ4n) is 4.92. The van der Waals surface area contributed by atoms with Gasteiger partial charge in [0.1, 0.15) is 8.58 Å². The summed E-state index contributed by atoms with van der Waals surface area (Å²) in [5.74, 6) is 0.0328. The van der Waals surface area contributed by atoms with Crippen molar-refractivity contribution < 1.29 is 4.79 Å². The van der Waals surface area contributed by atoms with Gasteiger partial charge in [-0.15, -0.1) is 11.3 Å². The van der Waals surface area contributed by atoms with Crippen molar-refractivity contribution in [1.29, 1.82) is 0 Å². The van der Waals surface area contributed by atoms with Gasteiger partial charge in [-0.3, -0.25) is 4.79 Å². The molecule has 4 aromatic rings. The highest BCUT2D eigenvalue weighted by molar-refractivity contribution is 14.1. The number of fused-ring (bicyclic) bond motifs is 1. The molecule has 180 valence electrons. The van der Waals surface area contributed by atoms with E-state index in [0.717, 1.165) is 56.2 Å². The minimum atomic E-state index is 0.0328. The number of carbonyl (C=O) groups excluding carboxylic acids is 1. The second-order valence-electron chi connectivity index (χ2n) is 9.04. The minimum Gasteiger partial charge on any atom is -0.331 e. The van der Waals surface area contributed by atoms with Gasteiger partial charge in [0.2, 0.25) is 0 Å². The molecule has 0 bridgehead atoms. The molecule has 0 spiro atoms. The van der Waals surface area contributed by atoms with Gasteiger partial charge in [-0.05, 0) is 84.6 Å². The van der Waals surface area contributed by atoms with E-state index in [1.165, 1.54) is 11.3 Å². The maximum atomic E-state index is 14.0. The van der Waals surface area contributed by atoms with Gasteiger partial charge in [0.05, 0.1) is 5.02 Å². The third kappa shape index (κ3) is 5.40. The number of hydrogen-bond acceptors (Lipinski definition) is 4. The Bertz CT molecular complexity index is 1330. The normalized spacial score (nSPS) is 18.0. The van der Waals surface area contributed by atoms with Crippen molar-refractivity contribution in [3.63, 3.8) is 0 Å². The Hall–Kier alpha value is -2.00. The third-order valence-electron chi connectivity index (χ3n) is 6.88. The van der Waals surface area contributed by atoms with Gasteiger partial charge in [0.15, 0.2) is 0 Å². The number of aromatic nitrogens is 1. The molecule has 0 radical (unpaired) electrons. The van der Waals surface area contributed by atoms with Crippen molar-refractivity contribution in [2.24, 2.45) is 0 Å². The van der Waals surface area contributed by atoms with E-state index < -0.39 is 0 Å². The molecule has 0 unspecified atom stereocenters. The lowest BCUT2D eigenvalue weighted by atomic mass is 9.89. The Labute approximate surface area is 228 Å². The zero-order chi connectivity index (χ0) is 24.4. The first-order valence-electron chi connectivity index (χ1n) is 11.9. The lowest BCUT2D eigenvalue weighted by Crippen LogP contribution is -2.44. The number of hydrogen-bond donors (Lipinski definition) is 1. The number of nitrogens with one attached hydrogen (secondary N) is 1. The average Bonchev–Trinajstić information content (AvgIpc) is 3.24. The van der Waals surface area contributed by atoms with Crippen LogP contribution in [0.15, 0.2) is 66.9 Å². The van der Waals surface area contributed by atoms with Crippen LogP contribution in [0.5, 0.6) is 0 Å². The summed E-state index contributed by atoms with van der Waals surface area (Å²) in [6.07, 6.45) is 6.01. The first-order chi connectivity index (χ1) is 17.0. The van der Waals surface area contributed by atoms with Crippen molar-refractivity contribution in [2.75, 3.05) is 7.05 Å². The number of nitrogens with zero attached hydrogens (tertiary/aromatic N) is 2. The van der Waals surface area contributed by atoms with Crippen molar-refractivity contribution in [2.45, 2.75) is 44.3 Å². The van der Waals surface area contributed by atoms with Gasteiger partial charge in [-0.25, -0.2) is 4.98 Å². The number of halogens is 2. The zero-order valence-electron chi connectivity index (χ0n) is 19.5. The third-order valence-corrected chi connectivity index (χ3v) is 9.18. The van der Waals surface area contributed by atoms with Crippen LogP contribution >= 0.6 is 45.5 Å². The van der Waals surface area contributed by atoms with Gasteiger partial charge in [0, 0.05) is 40.5 Å². The fraction of sp³-hybridized carbons (Fsp3) is 0.286. The second kappa shape index (κ2) is 10.9. The van der Waals surface area contributed by atoms with E-state index >= 15 is 0 Å². The molecule has 0 atom stereocenters. The standard InChI is InChI=1S/C28H27ClIN3OS/c1-31-21-10-12-22(13-11-21)33(28(34)27-26(29)23-7-2-3-8-24(23)35-27)17-18-5-4-6-19(15-18)20-9-14-25(30)32-16-20/h2-9,14-16,21-22,31H,10-13,17H2,1H3/t21-,22-. The number of amides is 1. The summed E-state index contributed by atoms with van der Waals surface area (Å²) in [4.78, 5) is 21.1. The molecule has 1 aliphatic rings. The van der Waals surface area contributed by atoms with E-state index in [1.54, 1.807) is 0 Å². The van der Waals surface area contributed by atoms with E-state index in [0.29, 0.717) is 22.5 Å². The highest BCUT2D eigenvalue weighted by Crippen LogP contribution is 2.37. The van der Waals surface area contributed by atoms with Crippen molar-refractivity contribution >= 4 is 61.5 Å². The number of rotatable bonds is 6. The molecule has 5 rings (SSSR count). The molecule has 1 saturated carbocycles. The van der Waals surface area contributed by atoms with Crippen molar-refractivity contribution in [3.05, 3.63) is 86.0 Å². The average molecular weight is 616 g/mol. The molecule has 1 amide bonds. The first-order valence-corrected chi connectivity index (χ1v) is 14.2. The summed E-state index contributed by atoms with van der Waals surface area (Å²) < 4.78 is 2.02. The van der Waals surface area contributed by atoms with Gasteiger partial charge in [0.25, 0.3) is 5.91 Å². The van der Waals surface area contributed by atoms with Gasteiger partial charge >= 0.3 is 0 Å². The Morgan fingerprint density at radius 1 is 1.09 bits per heavy atom. The van der Waals surface area contributed by atoms with Crippen LogP contribution in [0.25, 0.3) is 21.2 Å². The fourth-order valence-corrected chi connectivity index (χ4v) is 6.70. The highest BCUT2D eigenvalue weighted by atomic mass is 127. The highest BCUT2D eigenvalue weighted by Gasteiger charge is 2.31. The molecule has 1 fully saturated rings. The van der Waals surface area contributed by atoms with Crippen molar-refractivity contribution in [1.82, 2.24) is 15.2 Å². The smallest absolute Gasteiger partial charge is 0.266 e. The van der Waals surface area contributed by atoms with E-state index in [1.807, 2.05) is 43.6 Å². The molecule has 0 saturated heterocycles. The maximum absolute atomic E-state index is 14.0. The maximum Gasteiger partial charge on any atom is 0.266 e.